The number of ether oxygens (including phenoxy) is 1. The van der Waals surface area contributed by atoms with E-state index in [0.29, 0.717) is 19.1 Å². The molecule has 0 aliphatic carbocycles. The van der Waals surface area contributed by atoms with Crippen LogP contribution in [0.2, 0.25) is 0 Å². The first-order valence-corrected chi connectivity index (χ1v) is 11.9. The number of benzene rings is 3. The van der Waals surface area contributed by atoms with Gasteiger partial charge in [0.05, 0.1) is 23.1 Å². The zero-order valence-electron chi connectivity index (χ0n) is 19.8. The smallest absolute Gasteiger partial charge is 0.224 e. The van der Waals surface area contributed by atoms with E-state index in [1.165, 1.54) is 0 Å². The van der Waals surface area contributed by atoms with Crippen molar-refractivity contribution in [3.63, 3.8) is 0 Å². The highest BCUT2D eigenvalue weighted by Gasteiger charge is 2.20. The van der Waals surface area contributed by atoms with Gasteiger partial charge in [-0.1, -0.05) is 24.3 Å². The van der Waals surface area contributed by atoms with Crippen LogP contribution in [0.15, 0.2) is 60.7 Å². The molecule has 8 nitrogen and oxygen atoms in total. The number of rotatable bonds is 5. The first kappa shape index (κ1) is 21.2. The number of aromatic amines is 1. The van der Waals surface area contributed by atoms with Crippen LogP contribution in [-0.2, 0) is 6.54 Å². The Morgan fingerprint density at radius 2 is 1.83 bits per heavy atom. The van der Waals surface area contributed by atoms with Gasteiger partial charge in [0.2, 0.25) is 11.9 Å². The number of para-hydroxylation sites is 1. The minimum atomic E-state index is 0.590. The van der Waals surface area contributed by atoms with Crippen LogP contribution in [0.5, 0.6) is 5.75 Å². The molecule has 1 aliphatic heterocycles. The molecule has 35 heavy (non-hydrogen) atoms. The van der Waals surface area contributed by atoms with Crippen molar-refractivity contribution in [1.82, 2.24) is 19.9 Å². The standard InChI is InChI=1S/C27H27N7O/c1-3-29-27-31-22-10-8-18(15-23(22)32-27)17-9-11-24-19(14-17)16-34(12-13-35-24)25-20-6-4-5-7-21(20)30-26(28-2)33-25/h4-11,14-15H,3,12-13,16H2,1-2H3,(H,28,30,33)(H2,29,31,32). The van der Waals surface area contributed by atoms with Crippen molar-refractivity contribution in [2.24, 2.45) is 0 Å². The topological polar surface area (TPSA) is 91.0 Å². The van der Waals surface area contributed by atoms with E-state index in [2.05, 4.69) is 79.9 Å². The van der Waals surface area contributed by atoms with Crippen LogP contribution < -0.4 is 20.3 Å². The molecule has 0 spiro atoms. The molecule has 0 atom stereocenters. The molecule has 0 bridgehead atoms. The molecule has 0 unspecified atom stereocenters. The number of hydrogen-bond donors (Lipinski definition) is 3. The van der Waals surface area contributed by atoms with E-state index in [1.54, 1.807) is 0 Å². The maximum atomic E-state index is 6.14. The quantitative estimate of drug-likeness (QED) is 0.335. The summed E-state index contributed by atoms with van der Waals surface area (Å²) in [5, 5.41) is 7.37. The molecule has 0 saturated carbocycles. The third kappa shape index (κ3) is 3.97. The lowest BCUT2D eigenvalue weighted by Gasteiger charge is -2.23. The summed E-state index contributed by atoms with van der Waals surface area (Å²) >= 11 is 0. The van der Waals surface area contributed by atoms with Crippen molar-refractivity contribution in [2.75, 3.05) is 42.3 Å². The Bertz CT molecular complexity index is 1530. The van der Waals surface area contributed by atoms with Crippen molar-refractivity contribution < 1.29 is 4.74 Å². The van der Waals surface area contributed by atoms with Crippen LogP contribution in [0, 0.1) is 0 Å². The number of aromatic nitrogens is 4. The average Bonchev–Trinajstić information content (AvgIpc) is 3.17. The van der Waals surface area contributed by atoms with E-state index in [1.807, 2.05) is 25.2 Å². The Balaban J connectivity index is 1.37. The summed E-state index contributed by atoms with van der Waals surface area (Å²) in [6, 6.07) is 20.9. The number of H-pyrrole nitrogens is 1. The summed E-state index contributed by atoms with van der Waals surface area (Å²) < 4.78 is 6.14. The second-order valence-corrected chi connectivity index (χ2v) is 8.58. The number of nitrogens with zero attached hydrogens (tertiary/aromatic N) is 4. The highest BCUT2D eigenvalue weighted by molar-refractivity contribution is 5.90. The molecular weight excluding hydrogens is 438 g/mol. The number of anilines is 3. The summed E-state index contributed by atoms with van der Waals surface area (Å²) in [5.74, 6) is 3.24. The second-order valence-electron chi connectivity index (χ2n) is 8.58. The van der Waals surface area contributed by atoms with E-state index in [9.17, 15) is 0 Å². The lowest BCUT2D eigenvalue weighted by Crippen LogP contribution is -2.26. The molecule has 3 heterocycles. The van der Waals surface area contributed by atoms with Crippen molar-refractivity contribution in [2.45, 2.75) is 13.5 Å². The van der Waals surface area contributed by atoms with Gasteiger partial charge in [-0.2, -0.15) is 4.98 Å². The molecule has 3 aromatic carbocycles. The van der Waals surface area contributed by atoms with Gasteiger partial charge in [-0.05, 0) is 54.4 Å². The van der Waals surface area contributed by atoms with E-state index in [4.69, 9.17) is 9.72 Å². The van der Waals surface area contributed by atoms with Gasteiger partial charge in [-0.15, -0.1) is 0 Å². The molecule has 0 saturated heterocycles. The van der Waals surface area contributed by atoms with Crippen LogP contribution in [0.25, 0.3) is 33.1 Å². The molecular formula is C27H27N7O. The summed E-state index contributed by atoms with van der Waals surface area (Å²) in [5.41, 5.74) is 6.28. The number of fused-ring (bicyclic) bond motifs is 3. The molecule has 0 radical (unpaired) electrons. The highest BCUT2D eigenvalue weighted by Crippen LogP contribution is 2.33. The first-order chi connectivity index (χ1) is 17.2. The number of imidazole rings is 1. The third-order valence-electron chi connectivity index (χ3n) is 6.31. The normalized spacial score (nSPS) is 13.4. The van der Waals surface area contributed by atoms with Gasteiger partial charge < -0.3 is 25.3 Å². The Morgan fingerprint density at radius 1 is 0.971 bits per heavy atom. The Morgan fingerprint density at radius 3 is 2.71 bits per heavy atom. The molecule has 0 amide bonds. The maximum Gasteiger partial charge on any atom is 0.224 e. The third-order valence-corrected chi connectivity index (χ3v) is 6.31. The van der Waals surface area contributed by atoms with Gasteiger partial charge in [-0.3, -0.25) is 0 Å². The molecule has 6 rings (SSSR count). The Labute approximate surface area is 203 Å². The molecule has 176 valence electrons. The van der Waals surface area contributed by atoms with Crippen molar-refractivity contribution in [3.05, 3.63) is 66.2 Å². The second kappa shape index (κ2) is 8.79. The van der Waals surface area contributed by atoms with Crippen molar-refractivity contribution >= 4 is 39.7 Å². The van der Waals surface area contributed by atoms with Crippen molar-refractivity contribution in [1.29, 1.82) is 0 Å². The van der Waals surface area contributed by atoms with E-state index >= 15 is 0 Å². The van der Waals surface area contributed by atoms with E-state index < -0.39 is 0 Å². The van der Waals surface area contributed by atoms with E-state index in [-0.39, 0.29) is 0 Å². The molecule has 5 aromatic rings. The Kier molecular flexibility index (Phi) is 5.33. The zero-order chi connectivity index (χ0) is 23.8. The predicted octanol–water partition coefficient (Wildman–Crippen LogP) is 5.05. The number of nitrogens with one attached hydrogen (secondary N) is 3. The fraction of sp³-hybridized carbons (Fsp3) is 0.222. The minimum Gasteiger partial charge on any atom is -0.491 e. The minimum absolute atomic E-state index is 0.590. The number of hydrogen-bond acceptors (Lipinski definition) is 7. The van der Waals surface area contributed by atoms with Gasteiger partial charge >= 0.3 is 0 Å². The van der Waals surface area contributed by atoms with Crippen molar-refractivity contribution in [3.8, 4) is 16.9 Å². The summed E-state index contributed by atoms with van der Waals surface area (Å²) in [6.07, 6.45) is 0. The van der Waals surface area contributed by atoms with Gasteiger partial charge in [0, 0.05) is 31.1 Å². The average molecular weight is 466 g/mol. The molecule has 3 N–H and O–H groups in total. The summed E-state index contributed by atoms with van der Waals surface area (Å²) in [6.45, 7) is 4.91. The fourth-order valence-electron chi connectivity index (χ4n) is 4.61. The predicted molar refractivity (Wildman–Crippen MR) is 141 cm³/mol. The highest BCUT2D eigenvalue weighted by atomic mass is 16.5. The monoisotopic (exact) mass is 465 g/mol. The lowest BCUT2D eigenvalue weighted by atomic mass is 10.0. The fourth-order valence-corrected chi connectivity index (χ4v) is 4.61. The van der Waals surface area contributed by atoms with Crippen LogP contribution in [0.4, 0.5) is 17.7 Å². The van der Waals surface area contributed by atoms with Crippen LogP contribution in [0.3, 0.4) is 0 Å². The Hall–Kier alpha value is -4.33. The van der Waals surface area contributed by atoms with E-state index in [0.717, 1.165) is 69.2 Å². The zero-order valence-corrected chi connectivity index (χ0v) is 19.8. The maximum absolute atomic E-state index is 6.14. The SMILES string of the molecule is CCNc1nc2ccc(-c3ccc4c(c3)CN(c3nc(NC)nc5ccccc35)CCO4)cc2[nH]1. The largest absolute Gasteiger partial charge is 0.491 e. The lowest BCUT2D eigenvalue weighted by molar-refractivity contribution is 0.331. The van der Waals surface area contributed by atoms with Gasteiger partial charge in [0.1, 0.15) is 18.2 Å². The van der Waals surface area contributed by atoms with Crippen LogP contribution in [-0.4, -0.2) is 46.7 Å². The van der Waals surface area contributed by atoms with Crippen LogP contribution >= 0.6 is 0 Å². The van der Waals surface area contributed by atoms with Crippen LogP contribution in [0.1, 0.15) is 12.5 Å². The molecule has 8 heteroatoms. The van der Waals surface area contributed by atoms with Gasteiger partial charge in [0.25, 0.3) is 0 Å². The molecule has 0 fully saturated rings. The summed E-state index contributed by atoms with van der Waals surface area (Å²) in [4.78, 5) is 19.7. The first-order valence-electron chi connectivity index (χ1n) is 11.9. The molecule has 1 aliphatic rings. The summed E-state index contributed by atoms with van der Waals surface area (Å²) in [7, 11) is 1.85. The van der Waals surface area contributed by atoms with Gasteiger partial charge in [0.15, 0.2) is 0 Å². The van der Waals surface area contributed by atoms with Gasteiger partial charge in [-0.25, -0.2) is 9.97 Å². The molecule has 2 aromatic heterocycles.